The van der Waals surface area contributed by atoms with Gasteiger partial charge in [-0.1, -0.05) is 29.3 Å². The van der Waals surface area contributed by atoms with Crippen LogP contribution < -0.4 is 10.6 Å². The fourth-order valence-corrected chi connectivity index (χ4v) is 2.55. The predicted molar refractivity (Wildman–Crippen MR) is 69.2 cm³/mol. The fraction of sp³-hybridized carbons (Fsp3) is 0.500. The molecule has 1 fully saturated rings. The van der Waals surface area contributed by atoms with Gasteiger partial charge >= 0.3 is 0 Å². The molecule has 15 heavy (non-hydrogen) atoms. The first-order valence-corrected chi connectivity index (χ1v) is 6.30. The summed E-state index contributed by atoms with van der Waals surface area (Å²) in [5, 5.41) is 0. The molecule has 0 saturated carbocycles. The van der Waals surface area contributed by atoms with Gasteiger partial charge in [0.2, 0.25) is 0 Å². The molecule has 0 bridgehead atoms. The van der Waals surface area contributed by atoms with E-state index in [1.165, 1.54) is 31.6 Å². The molecule has 1 aromatic carbocycles. The van der Waals surface area contributed by atoms with Gasteiger partial charge in [0, 0.05) is 17.6 Å². The third-order valence-electron chi connectivity index (χ3n) is 2.98. The van der Waals surface area contributed by atoms with Crippen LogP contribution in [0.4, 0.5) is 11.4 Å². The molecule has 3 heteroatoms. The molecule has 2 nitrogen and oxygen atoms in total. The Hall–Kier alpha value is -0.700. The lowest BCUT2D eigenvalue weighted by molar-refractivity contribution is 0.381. The molecule has 0 atom stereocenters. The number of nitrogen functional groups attached to an aromatic ring is 1. The fourth-order valence-electron chi connectivity index (χ4n) is 2.17. The maximum Gasteiger partial charge on any atom is 0.0600 e. The quantitative estimate of drug-likeness (QED) is 0.853. The highest BCUT2D eigenvalue weighted by molar-refractivity contribution is 9.10. The molecule has 0 radical (unpaired) electrons. The Labute approximate surface area is 99.6 Å². The zero-order valence-corrected chi connectivity index (χ0v) is 10.6. The van der Waals surface area contributed by atoms with Crippen LogP contribution in [-0.2, 0) is 0 Å². The van der Waals surface area contributed by atoms with Gasteiger partial charge in [-0.15, -0.1) is 0 Å². The molecule has 1 aliphatic heterocycles. The Morgan fingerprint density at radius 2 is 2.20 bits per heavy atom. The van der Waals surface area contributed by atoms with Crippen molar-refractivity contribution in [3.05, 3.63) is 22.7 Å². The van der Waals surface area contributed by atoms with Crippen molar-refractivity contribution in [1.82, 2.24) is 0 Å². The molecule has 2 N–H and O–H groups in total. The van der Waals surface area contributed by atoms with E-state index in [2.05, 4.69) is 39.9 Å². The van der Waals surface area contributed by atoms with Crippen molar-refractivity contribution < 1.29 is 0 Å². The van der Waals surface area contributed by atoms with Crippen LogP contribution in [0.3, 0.4) is 0 Å². The van der Waals surface area contributed by atoms with Crippen molar-refractivity contribution in [1.29, 1.82) is 0 Å². The standard InChI is InChI=1S/C12H17BrN2/c1-2-3-9-7-15(8-9)12-5-4-10(13)6-11(12)14/h4-6,9H,2-3,7-8,14H2,1H3. The van der Waals surface area contributed by atoms with Crippen LogP contribution in [0.1, 0.15) is 19.8 Å². The zero-order valence-electron chi connectivity index (χ0n) is 9.04. The van der Waals surface area contributed by atoms with Crippen molar-refractivity contribution >= 4 is 27.3 Å². The van der Waals surface area contributed by atoms with E-state index in [4.69, 9.17) is 5.73 Å². The number of nitrogens with zero attached hydrogens (tertiary/aromatic N) is 1. The Bertz CT molecular complexity index is 345. The average Bonchev–Trinajstić information content (AvgIpc) is 2.12. The van der Waals surface area contributed by atoms with E-state index in [0.29, 0.717) is 0 Å². The van der Waals surface area contributed by atoms with Crippen LogP contribution >= 0.6 is 15.9 Å². The van der Waals surface area contributed by atoms with E-state index in [-0.39, 0.29) is 0 Å². The summed E-state index contributed by atoms with van der Waals surface area (Å²) in [6, 6.07) is 6.13. The third kappa shape index (κ3) is 2.28. The first-order chi connectivity index (χ1) is 7.20. The van der Waals surface area contributed by atoms with E-state index < -0.39 is 0 Å². The number of nitrogens with two attached hydrogens (primary N) is 1. The zero-order chi connectivity index (χ0) is 10.8. The lowest BCUT2D eigenvalue weighted by Crippen LogP contribution is -2.46. The average molecular weight is 269 g/mol. The van der Waals surface area contributed by atoms with Crippen molar-refractivity contribution in [2.24, 2.45) is 5.92 Å². The number of rotatable bonds is 3. The number of benzene rings is 1. The van der Waals surface area contributed by atoms with Crippen molar-refractivity contribution in [2.45, 2.75) is 19.8 Å². The molecule has 0 unspecified atom stereocenters. The highest BCUT2D eigenvalue weighted by Crippen LogP contribution is 2.33. The van der Waals surface area contributed by atoms with Crippen molar-refractivity contribution in [3.63, 3.8) is 0 Å². The summed E-state index contributed by atoms with van der Waals surface area (Å²) in [4.78, 5) is 2.36. The van der Waals surface area contributed by atoms with Gasteiger partial charge in [-0.05, 0) is 30.5 Å². The lowest BCUT2D eigenvalue weighted by atomic mass is 9.94. The minimum Gasteiger partial charge on any atom is -0.397 e. The van der Waals surface area contributed by atoms with Crippen LogP contribution in [0.25, 0.3) is 0 Å². The molecule has 0 aliphatic carbocycles. The highest BCUT2D eigenvalue weighted by atomic mass is 79.9. The molecule has 1 aromatic rings. The van der Waals surface area contributed by atoms with Gasteiger partial charge in [0.05, 0.1) is 11.4 Å². The van der Waals surface area contributed by atoms with Crippen molar-refractivity contribution in [3.8, 4) is 0 Å². The maximum absolute atomic E-state index is 5.98. The molecular formula is C12H17BrN2. The van der Waals surface area contributed by atoms with Crippen molar-refractivity contribution in [2.75, 3.05) is 23.7 Å². The summed E-state index contributed by atoms with van der Waals surface area (Å²) in [7, 11) is 0. The monoisotopic (exact) mass is 268 g/mol. The summed E-state index contributed by atoms with van der Waals surface area (Å²) >= 11 is 3.42. The second-order valence-electron chi connectivity index (χ2n) is 4.26. The van der Waals surface area contributed by atoms with Gasteiger partial charge in [0.1, 0.15) is 0 Å². The molecule has 0 aromatic heterocycles. The molecule has 82 valence electrons. The number of halogens is 1. The smallest absolute Gasteiger partial charge is 0.0600 e. The second-order valence-corrected chi connectivity index (χ2v) is 5.18. The Morgan fingerprint density at radius 3 is 2.80 bits per heavy atom. The van der Waals surface area contributed by atoms with E-state index in [1.54, 1.807) is 0 Å². The topological polar surface area (TPSA) is 29.3 Å². The van der Waals surface area contributed by atoms with E-state index in [1.807, 2.05) is 6.07 Å². The first kappa shape index (κ1) is 10.8. The van der Waals surface area contributed by atoms with Gasteiger partial charge in [0.25, 0.3) is 0 Å². The van der Waals surface area contributed by atoms with Gasteiger partial charge in [-0.3, -0.25) is 0 Å². The van der Waals surface area contributed by atoms with Gasteiger partial charge < -0.3 is 10.6 Å². The Morgan fingerprint density at radius 1 is 1.47 bits per heavy atom. The summed E-state index contributed by atoms with van der Waals surface area (Å²) in [6.45, 7) is 4.58. The molecular weight excluding hydrogens is 252 g/mol. The SMILES string of the molecule is CCCC1CN(c2ccc(Br)cc2N)C1. The van der Waals surface area contributed by atoms with Gasteiger partial charge in [-0.2, -0.15) is 0 Å². The third-order valence-corrected chi connectivity index (χ3v) is 3.48. The van der Waals surface area contributed by atoms with E-state index in [0.717, 1.165) is 16.1 Å². The summed E-state index contributed by atoms with van der Waals surface area (Å²) < 4.78 is 1.05. The summed E-state index contributed by atoms with van der Waals surface area (Å²) in [6.07, 6.45) is 2.63. The van der Waals surface area contributed by atoms with Crippen LogP contribution in [0.5, 0.6) is 0 Å². The molecule has 0 spiro atoms. The van der Waals surface area contributed by atoms with Crippen LogP contribution in [0.2, 0.25) is 0 Å². The highest BCUT2D eigenvalue weighted by Gasteiger charge is 2.26. The van der Waals surface area contributed by atoms with Crippen LogP contribution in [0.15, 0.2) is 22.7 Å². The normalized spacial score (nSPS) is 16.5. The number of anilines is 2. The molecule has 0 amide bonds. The maximum atomic E-state index is 5.98. The van der Waals surface area contributed by atoms with Gasteiger partial charge in [0.15, 0.2) is 0 Å². The largest absolute Gasteiger partial charge is 0.397 e. The minimum atomic E-state index is 0.873. The van der Waals surface area contributed by atoms with E-state index in [9.17, 15) is 0 Å². The van der Waals surface area contributed by atoms with Crippen LogP contribution in [0, 0.1) is 5.92 Å². The van der Waals surface area contributed by atoms with E-state index >= 15 is 0 Å². The number of hydrogen-bond acceptors (Lipinski definition) is 2. The lowest BCUT2D eigenvalue weighted by Gasteiger charge is -2.41. The predicted octanol–water partition coefficient (Wildman–Crippen LogP) is 3.27. The summed E-state index contributed by atoms with van der Waals surface area (Å²) in [5.41, 5.74) is 8.04. The number of hydrogen-bond donors (Lipinski definition) is 1. The Balaban J connectivity index is 2.01. The second kappa shape index (κ2) is 4.44. The molecule has 1 saturated heterocycles. The molecule has 1 aliphatic rings. The molecule has 1 heterocycles. The van der Waals surface area contributed by atoms with Gasteiger partial charge in [-0.25, -0.2) is 0 Å². The molecule has 2 rings (SSSR count). The summed E-state index contributed by atoms with van der Waals surface area (Å²) in [5.74, 6) is 0.873. The first-order valence-electron chi connectivity index (χ1n) is 5.50. The minimum absolute atomic E-state index is 0.873. The Kier molecular flexibility index (Phi) is 3.19. The van der Waals surface area contributed by atoms with Crippen LogP contribution in [-0.4, -0.2) is 13.1 Å².